The van der Waals surface area contributed by atoms with Crippen LogP contribution in [0.2, 0.25) is 0 Å². The number of fused-ring (bicyclic) bond motifs is 1. The van der Waals surface area contributed by atoms with Crippen molar-refractivity contribution in [1.82, 2.24) is 15.5 Å². The Morgan fingerprint density at radius 1 is 1.12 bits per heavy atom. The first-order chi connectivity index (χ1) is 15.9. The summed E-state index contributed by atoms with van der Waals surface area (Å²) in [6.45, 7) is 7.21. The summed E-state index contributed by atoms with van der Waals surface area (Å²) in [5, 5.41) is 25.3. The predicted octanol–water partition coefficient (Wildman–Crippen LogP) is 1.26. The van der Waals surface area contributed by atoms with Gasteiger partial charge in [-0.1, -0.05) is 34.1 Å². The molecule has 4 rings (SSSR count). The van der Waals surface area contributed by atoms with Crippen LogP contribution in [0, 0.1) is 23.2 Å². The third-order valence-electron chi connectivity index (χ3n) is 8.04. The molecule has 3 saturated carbocycles. The number of amides is 3. The molecule has 34 heavy (non-hydrogen) atoms. The number of rotatable bonds is 7. The highest BCUT2D eigenvalue weighted by atomic mass is 16.6. The molecular weight excluding hydrogens is 442 g/mol. The summed E-state index contributed by atoms with van der Waals surface area (Å²) in [6, 6.07) is -1.99. The molecule has 0 aromatic rings. The highest BCUT2D eigenvalue weighted by Crippen LogP contribution is 2.52. The normalized spacial score (nSPS) is 36.9. The van der Waals surface area contributed by atoms with Gasteiger partial charge in [0, 0.05) is 13.0 Å². The van der Waals surface area contributed by atoms with Crippen molar-refractivity contribution in [3.8, 4) is 0 Å². The van der Waals surface area contributed by atoms with Crippen LogP contribution in [0.3, 0.4) is 0 Å². The number of carboxylic acid groups (broad SMARTS) is 1. The number of likely N-dealkylation sites (tertiary alicyclic amines) is 1. The number of carboxylic acids is 1. The van der Waals surface area contributed by atoms with Gasteiger partial charge in [0.2, 0.25) is 11.8 Å². The maximum atomic E-state index is 13.6. The van der Waals surface area contributed by atoms with E-state index in [0.717, 1.165) is 12.8 Å². The van der Waals surface area contributed by atoms with Crippen LogP contribution in [0.5, 0.6) is 0 Å². The van der Waals surface area contributed by atoms with E-state index >= 15 is 0 Å². The number of hydrogen-bond acceptors (Lipinski definition) is 6. The summed E-state index contributed by atoms with van der Waals surface area (Å²) in [7, 11) is 0. The minimum atomic E-state index is -1.32. The summed E-state index contributed by atoms with van der Waals surface area (Å²) in [5.74, 6) is -1.05. The number of hydrogen-bond donors (Lipinski definition) is 4. The molecular formula is C24H37N3O7. The number of nitrogens with one attached hydrogen (secondary N) is 2. The second kappa shape index (κ2) is 8.70. The monoisotopic (exact) mass is 479 g/mol. The lowest BCUT2D eigenvalue weighted by molar-refractivity contribution is -0.146. The quantitative estimate of drug-likeness (QED) is 0.430. The van der Waals surface area contributed by atoms with Crippen molar-refractivity contribution < 1.29 is 34.1 Å². The minimum absolute atomic E-state index is 0.0101. The minimum Gasteiger partial charge on any atom is -0.479 e. The van der Waals surface area contributed by atoms with Gasteiger partial charge in [-0.25, -0.2) is 9.59 Å². The zero-order chi connectivity index (χ0) is 25.0. The van der Waals surface area contributed by atoms with Gasteiger partial charge < -0.3 is 30.5 Å². The van der Waals surface area contributed by atoms with E-state index in [0.29, 0.717) is 24.7 Å². The van der Waals surface area contributed by atoms with Crippen molar-refractivity contribution in [2.24, 2.45) is 23.2 Å². The average Bonchev–Trinajstić information content (AvgIpc) is 3.56. The molecule has 0 aromatic heterocycles. The van der Waals surface area contributed by atoms with Gasteiger partial charge in [0.15, 0.2) is 0 Å². The van der Waals surface area contributed by atoms with E-state index < -0.39 is 53.0 Å². The Morgan fingerprint density at radius 2 is 1.76 bits per heavy atom. The second-order valence-electron chi connectivity index (χ2n) is 11.7. The molecule has 7 atom stereocenters. The van der Waals surface area contributed by atoms with Crippen molar-refractivity contribution >= 4 is 23.9 Å². The van der Waals surface area contributed by atoms with Crippen LogP contribution in [0.15, 0.2) is 0 Å². The maximum Gasteiger partial charge on any atom is 0.408 e. The summed E-state index contributed by atoms with van der Waals surface area (Å²) in [5.41, 5.74) is -2.00. The zero-order valence-corrected chi connectivity index (χ0v) is 20.4. The Hall–Kier alpha value is -2.36. The topological polar surface area (TPSA) is 145 Å². The van der Waals surface area contributed by atoms with Crippen LogP contribution in [0.4, 0.5) is 4.79 Å². The lowest BCUT2D eigenvalue weighted by atomic mass is 9.85. The van der Waals surface area contributed by atoms with E-state index in [2.05, 4.69) is 10.6 Å². The SMILES string of the molecule is CCC1C[C@]1(NC(=O)C1C[C@@H](O)CN1C(=O)[C@@H](NC(=O)OC1CC2CC2C1)C(C)(C)C)C(=O)O. The van der Waals surface area contributed by atoms with Gasteiger partial charge >= 0.3 is 12.1 Å². The van der Waals surface area contributed by atoms with Crippen LogP contribution in [-0.2, 0) is 19.1 Å². The number of aliphatic hydroxyl groups excluding tert-OH is 1. The summed E-state index contributed by atoms with van der Waals surface area (Å²) in [4.78, 5) is 52.3. The Labute approximate surface area is 199 Å². The third kappa shape index (κ3) is 4.74. The lowest BCUT2D eigenvalue weighted by Gasteiger charge is -2.35. The first-order valence-corrected chi connectivity index (χ1v) is 12.4. The first-order valence-electron chi connectivity index (χ1n) is 12.4. The number of aliphatic hydroxyl groups is 1. The maximum absolute atomic E-state index is 13.6. The molecule has 190 valence electrons. The van der Waals surface area contributed by atoms with Gasteiger partial charge in [-0.3, -0.25) is 9.59 Å². The molecule has 4 fully saturated rings. The number of ether oxygens (including phenoxy) is 1. The van der Waals surface area contributed by atoms with Gasteiger partial charge in [0.1, 0.15) is 23.7 Å². The van der Waals surface area contributed by atoms with Gasteiger partial charge in [-0.05, 0) is 48.9 Å². The van der Waals surface area contributed by atoms with Crippen molar-refractivity contribution in [3.05, 3.63) is 0 Å². The van der Waals surface area contributed by atoms with E-state index in [4.69, 9.17) is 4.74 Å². The molecule has 4 aliphatic rings. The largest absolute Gasteiger partial charge is 0.479 e. The van der Waals surface area contributed by atoms with Crippen molar-refractivity contribution in [3.63, 3.8) is 0 Å². The summed E-state index contributed by atoms with van der Waals surface area (Å²) in [6.07, 6.45) is 2.17. The smallest absolute Gasteiger partial charge is 0.408 e. The highest BCUT2D eigenvalue weighted by molar-refractivity contribution is 5.96. The Morgan fingerprint density at radius 3 is 2.29 bits per heavy atom. The molecule has 10 heteroatoms. The zero-order valence-electron chi connectivity index (χ0n) is 20.4. The average molecular weight is 480 g/mol. The molecule has 0 bridgehead atoms. The number of nitrogens with zero attached hydrogens (tertiary/aromatic N) is 1. The molecule has 3 amide bonds. The van der Waals surface area contributed by atoms with Crippen LogP contribution in [0.1, 0.15) is 66.2 Å². The lowest BCUT2D eigenvalue weighted by Crippen LogP contribution is -2.59. The standard InChI is InChI=1S/C24H37N3O7/c1-5-14-10-24(14,21(31)32)26-19(29)17-9-15(28)11-27(17)20(30)18(23(2,3)4)25-22(33)34-16-7-12-6-13(12)8-16/h12-18,28H,5-11H2,1-4H3,(H,25,33)(H,26,29)(H,31,32)/t12?,13?,14?,15-,16?,17?,18-,24-/m1/s1. The second-order valence-corrected chi connectivity index (χ2v) is 11.7. The number of β-amino-alcohol motifs (C(OH)–C–C–N with tert-alkyl or cyclic N) is 1. The van der Waals surface area contributed by atoms with E-state index in [1.807, 2.05) is 6.92 Å². The van der Waals surface area contributed by atoms with Gasteiger partial charge in [0.05, 0.1) is 6.10 Å². The third-order valence-corrected chi connectivity index (χ3v) is 8.04. The number of carbonyl (C=O) groups excluding carboxylic acids is 3. The first kappa shape index (κ1) is 24.8. The predicted molar refractivity (Wildman–Crippen MR) is 121 cm³/mol. The van der Waals surface area contributed by atoms with E-state index in [1.165, 1.54) is 11.3 Å². The van der Waals surface area contributed by atoms with Crippen LogP contribution in [0.25, 0.3) is 0 Å². The number of carbonyl (C=O) groups is 4. The fourth-order valence-electron chi connectivity index (χ4n) is 5.77. The molecule has 3 aliphatic carbocycles. The van der Waals surface area contributed by atoms with E-state index in [-0.39, 0.29) is 25.0 Å². The molecule has 4 N–H and O–H groups in total. The number of alkyl carbamates (subject to hydrolysis) is 1. The van der Waals surface area contributed by atoms with Crippen molar-refractivity contribution in [2.75, 3.05) is 6.54 Å². The van der Waals surface area contributed by atoms with Crippen LogP contribution in [-0.4, -0.2) is 75.4 Å². The molecule has 10 nitrogen and oxygen atoms in total. The van der Waals surface area contributed by atoms with Crippen LogP contribution >= 0.6 is 0 Å². The summed E-state index contributed by atoms with van der Waals surface area (Å²) < 4.78 is 5.56. The van der Waals surface area contributed by atoms with Crippen molar-refractivity contribution in [2.45, 2.75) is 96.1 Å². The Balaban J connectivity index is 1.44. The van der Waals surface area contributed by atoms with Crippen LogP contribution < -0.4 is 10.6 Å². The fraction of sp³-hybridized carbons (Fsp3) is 0.833. The molecule has 1 aliphatic heterocycles. The fourth-order valence-corrected chi connectivity index (χ4v) is 5.77. The van der Waals surface area contributed by atoms with E-state index in [1.54, 1.807) is 20.8 Å². The molecule has 1 saturated heterocycles. The van der Waals surface area contributed by atoms with Gasteiger partial charge in [0.25, 0.3) is 0 Å². The molecule has 0 spiro atoms. The number of aliphatic carboxylic acids is 1. The molecule has 0 radical (unpaired) electrons. The molecule has 1 heterocycles. The molecule has 4 unspecified atom stereocenters. The molecule has 0 aromatic carbocycles. The van der Waals surface area contributed by atoms with Gasteiger partial charge in [-0.2, -0.15) is 0 Å². The van der Waals surface area contributed by atoms with E-state index in [9.17, 15) is 29.4 Å². The Kier molecular flexibility index (Phi) is 6.33. The summed E-state index contributed by atoms with van der Waals surface area (Å²) >= 11 is 0. The Bertz CT molecular complexity index is 861. The van der Waals surface area contributed by atoms with Crippen molar-refractivity contribution in [1.29, 1.82) is 0 Å². The highest BCUT2D eigenvalue weighted by Gasteiger charge is 2.61. The van der Waals surface area contributed by atoms with Gasteiger partial charge in [-0.15, -0.1) is 0 Å².